The molecule has 0 saturated heterocycles. The first kappa shape index (κ1) is 29.9. The van der Waals surface area contributed by atoms with Crippen molar-refractivity contribution < 1.29 is 9.22 Å². The molecule has 0 aliphatic rings. The number of quaternary nitrogens is 1. The van der Waals surface area contributed by atoms with Gasteiger partial charge in [0.2, 0.25) is 0 Å². The lowest BCUT2D eigenvalue weighted by molar-refractivity contribution is -0.870. The molecule has 0 spiro atoms. The van der Waals surface area contributed by atoms with E-state index in [4.69, 9.17) is 4.74 Å². The van der Waals surface area contributed by atoms with Gasteiger partial charge in [0.1, 0.15) is 0 Å². The molecule has 1 unspecified atom stereocenters. The van der Waals surface area contributed by atoms with Gasteiger partial charge >= 0.3 is 0 Å². The third kappa shape index (κ3) is 26.0. The summed E-state index contributed by atoms with van der Waals surface area (Å²) in [5, 5.41) is 0. The highest BCUT2D eigenvalue weighted by molar-refractivity contribution is 4.54. The van der Waals surface area contributed by atoms with Crippen LogP contribution in [0.4, 0.5) is 0 Å². The summed E-state index contributed by atoms with van der Waals surface area (Å²) in [5.41, 5.74) is 0. The van der Waals surface area contributed by atoms with E-state index < -0.39 is 0 Å². The van der Waals surface area contributed by atoms with Crippen LogP contribution in [0.1, 0.15) is 142 Å². The second-order valence-electron chi connectivity index (χ2n) is 10.8. The average molecular weight is 427 g/mol. The molecule has 2 heteroatoms. The Balaban J connectivity index is 3.14. The predicted octanol–water partition coefficient (Wildman–Crippen LogP) is 8.92. The smallest absolute Gasteiger partial charge is 0.0802 e. The van der Waals surface area contributed by atoms with Crippen molar-refractivity contribution in [2.75, 3.05) is 34.3 Å². The van der Waals surface area contributed by atoms with Crippen molar-refractivity contribution >= 4 is 0 Å². The summed E-state index contributed by atoms with van der Waals surface area (Å²) in [6.45, 7) is 6.68. The summed E-state index contributed by atoms with van der Waals surface area (Å²) >= 11 is 0. The van der Waals surface area contributed by atoms with Crippen LogP contribution < -0.4 is 0 Å². The van der Waals surface area contributed by atoms with Gasteiger partial charge < -0.3 is 9.22 Å². The van der Waals surface area contributed by atoms with Gasteiger partial charge in [-0.3, -0.25) is 0 Å². The van der Waals surface area contributed by atoms with Crippen molar-refractivity contribution in [3.8, 4) is 0 Å². The predicted molar refractivity (Wildman–Crippen MR) is 136 cm³/mol. The molecule has 0 rings (SSSR count). The Kier molecular flexibility index (Phi) is 22.1. The Hall–Kier alpha value is -0.0800. The fourth-order valence-electron chi connectivity index (χ4n) is 4.24. The van der Waals surface area contributed by atoms with Crippen LogP contribution in [0.25, 0.3) is 0 Å². The average Bonchev–Trinajstić information content (AvgIpc) is 2.69. The van der Waals surface area contributed by atoms with E-state index in [9.17, 15) is 0 Å². The number of hydrogen-bond donors (Lipinski definition) is 0. The maximum absolute atomic E-state index is 5.96. The van der Waals surface area contributed by atoms with Gasteiger partial charge in [0.15, 0.2) is 0 Å². The van der Waals surface area contributed by atoms with E-state index in [0.717, 1.165) is 11.1 Å². The van der Waals surface area contributed by atoms with Gasteiger partial charge in [-0.05, 0) is 13.3 Å². The number of rotatable bonds is 24. The Morgan fingerprint density at radius 3 is 1.27 bits per heavy atom. The Bertz CT molecular complexity index is 323. The minimum absolute atomic E-state index is 0.443. The van der Waals surface area contributed by atoms with Crippen molar-refractivity contribution in [3.05, 3.63) is 0 Å². The van der Waals surface area contributed by atoms with Gasteiger partial charge in [-0.1, -0.05) is 122 Å². The monoisotopic (exact) mass is 426 g/mol. The highest BCUT2D eigenvalue weighted by Gasteiger charge is 2.07. The van der Waals surface area contributed by atoms with Crippen molar-refractivity contribution in [3.63, 3.8) is 0 Å². The second-order valence-corrected chi connectivity index (χ2v) is 10.8. The standard InChI is InChI=1S/C28H60NO/c1-6-7-8-9-10-11-12-13-14-15-16-17-18-19-20-21-22-23-25-28(2)30-27-24-26-29(3,4)5/h28H,6-27H2,1-5H3/q+1. The Morgan fingerprint density at radius 1 is 0.533 bits per heavy atom. The molecular weight excluding hydrogens is 366 g/mol. The quantitative estimate of drug-likeness (QED) is 0.110. The SMILES string of the molecule is CCCCCCCCCCCCCCCCCCCCC(C)OCCC[N+](C)(C)C. The molecule has 0 saturated carbocycles. The van der Waals surface area contributed by atoms with Crippen LogP contribution in [-0.4, -0.2) is 44.9 Å². The lowest BCUT2D eigenvalue weighted by Gasteiger charge is -2.24. The first-order valence-electron chi connectivity index (χ1n) is 13.9. The second kappa shape index (κ2) is 22.1. The minimum atomic E-state index is 0.443. The van der Waals surface area contributed by atoms with Gasteiger partial charge in [-0.15, -0.1) is 0 Å². The number of hydrogen-bond acceptors (Lipinski definition) is 1. The normalized spacial score (nSPS) is 13.1. The molecule has 1 atom stereocenters. The van der Waals surface area contributed by atoms with E-state index in [1.54, 1.807) is 0 Å². The number of ether oxygens (including phenoxy) is 1. The van der Waals surface area contributed by atoms with Crippen molar-refractivity contribution in [2.24, 2.45) is 0 Å². The van der Waals surface area contributed by atoms with Crippen LogP contribution in [0.15, 0.2) is 0 Å². The third-order valence-electron chi connectivity index (χ3n) is 6.34. The lowest BCUT2D eigenvalue weighted by atomic mass is 10.0. The molecule has 0 heterocycles. The van der Waals surface area contributed by atoms with E-state index in [2.05, 4.69) is 35.0 Å². The van der Waals surface area contributed by atoms with E-state index in [0.29, 0.717) is 6.10 Å². The van der Waals surface area contributed by atoms with Crippen molar-refractivity contribution in [1.29, 1.82) is 0 Å². The summed E-state index contributed by atoms with van der Waals surface area (Å²) in [6, 6.07) is 0. The molecule has 0 radical (unpaired) electrons. The summed E-state index contributed by atoms with van der Waals surface area (Å²) in [7, 11) is 6.75. The fraction of sp³-hybridized carbons (Fsp3) is 1.00. The zero-order valence-corrected chi connectivity index (χ0v) is 22.0. The molecular formula is C28H60NO+. The van der Waals surface area contributed by atoms with Crippen molar-refractivity contribution in [2.45, 2.75) is 148 Å². The van der Waals surface area contributed by atoms with Crippen LogP contribution in [0.5, 0.6) is 0 Å². The topological polar surface area (TPSA) is 9.23 Å². The highest BCUT2D eigenvalue weighted by Crippen LogP contribution is 2.15. The molecule has 0 aromatic heterocycles. The summed E-state index contributed by atoms with van der Waals surface area (Å²) in [6.07, 6.45) is 28.9. The first-order valence-corrected chi connectivity index (χ1v) is 13.9. The lowest BCUT2D eigenvalue weighted by Crippen LogP contribution is -2.35. The molecule has 0 bridgehead atoms. The van der Waals surface area contributed by atoms with Gasteiger partial charge in [0.25, 0.3) is 0 Å². The van der Waals surface area contributed by atoms with Crippen LogP contribution in [-0.2, 0) is 4.74 Å². The number of unbranched alkanes of at least 4 members (excludes halogenated alkanes) is 17. The molecule has 30 heavy (non-hydrogen) atoms. The Morgan fingerprint density at radius 2 is 0.900 bits per heavy atom. The summed E-state index contributed by atoms with van der Waals surface area (Å²) in [5.74, 6) is 0. The van der Waals surface area contributed by atoms with Gasteiger partial charge in [0, 0.05) is 6.42 Å². The van der Waals surface area contributed by atoms with Gasteiger partial charge in [-0.2, -0.15) is 0 Å². The summed E-state index contributed by atoms with van der Waals surface area (Å²) in [4.78, 5) is 0. The maximum Gasteiger partial charge on any atom is 0.0802 e. The van der Waals surface area contributed by atoms with E-state index in [1.807, 2.05) is 0 Å². The molecule has 0 aliphatic heterocycles. The van der Waals surface area contributed by atoms with E-state index >= 15 is 0 Å². The fourth-order valence-corrected chi connectivity index (χ4v) is 4.24. The van der Waals surface area contributed by atoms with Crippen molar-refractivity contribution in [1.82, 2.24) is 0 Å². The van der Waals surface area contributed by atoms with Gasteiger partial charge in [0.05, 0.1) is 40.4 Å². The van der Waals surface area contributed by atoms with Crippen LogP contribution in [0.2, 0.25) is 0 Å². The van der Waals surface area contributed by atoms with Gasteiger partial charge in [-0.25, -0.2) is 0 Å². The Labute approximate surface area is 192 Å². The maximum atomic E-state index is 5.96. The largest absolute Gasteiger partial charge is 0.378 e. The molecule has 0 fully saturated rings. The zero-order valence-electron chi connectivity index (χ0n) is 22.0. The molecule has 0 aromatic carbocycles. The van der Waals surface area contributed by atoms with Crippen LogP contribution in [0, 0.1) is 0 Å². The van der Waals surface area contributed by atoms with Crippen LogP contribution >= 0.6 is 0 Å². The molecule has 0 aliphatic carbocycles. The molecule has 0 aromatic rings. The number of nitrogens with zero attached hydrogens (tertiary/aromatic N) is 1. The third-order valence-corrected chi connectivity index (χ3v) is 6.34. The summed E-state index contributed by atoms with van der Waals surface area (Å²) < 4.78 is 7.00. The molecule has 0 amide bonds. The molecule has 182 valence electrons. The molecule has 0 N–H and O–H groups in total. The first-order chi connectivity index (χ1) is 14.5. The minimum Gasteiger partial charge on any atom is -0.378 e. The van der Waals surface area contributed by atoms with E-state index in [1.165, 1.54) is 135 Å². The molecule has 2 nitrogen and oxygen atoms in total. The zero-order chi connectivity index (χ0) is 22.3. The van der Waals surface area contributed by atoms with Crippen LogP contribution in [0.3, 0.4) is 0 Å². The highest BCUT2D eigenvalue weighted by atomic mass is 16.5. The van der Waals surface area contributed by atoms with E-state index in [-0.39, 0.29) is 0 Å².